The highest BCUT2D eigenvalue weighted by Gasteiger charge is 2.17. The number of hydrogen-bond donors (Lipinski definition) is 2. The van der Waals surface area contributed by atoms with Crippen molar-refractivity contribution in [1.29, 1.82) is 0 Å². The molecule has 0 amide bonds. The molecule has 36 heavy (non-hydrogen) atoms. The SMILES string of the molecule is COc1ccc(-c2csc3ncnc(Nc4ccc(S(=O)(=O)Nc5nc(C)cc(C)n5)cc4)c23)cc1. The highest BCUT2D eigenvalue weighted by molar-refractivity contribution is 7.92. The van der Waals surface area contributed by atoms with Crippen molar-refractivity contribution in [3.05, 3.63) is 77.7 Å². The monoisotopic (exact) mass is 518 g/mol. The molecule has 3 heterocycles. The molecule has 0 bridgehead atoms. The van der Waals surface area contributed by atoms with Gasteiger partial charge in [-0.3, -0.25) is 0 Å². The molecule has 2 N–H and O–H groups in total. The topological polar surface area (TPSA) is 119 Å². The predicted molar refractivity (Wildman–Crippen MR) is 141 cm³/mol. The number of rotatable bonds is 7. The van der Waals surface area contributed by atoms with Crippen LogP contribution in [0, 0.1) is 13.8 Å². The van der Waals surface area contributed by atoms with Crippen LogP contribution in [0.4, 0.5) is 17.5 Å². The number of nitrogens with zero attached hydrogens (tertiary/aromatic N) is 4. The first-order chi connectivity index (χ1) is 17.3. The maximum Gasteiger partial charge on any atom is 0.264 e. The van der Waals surface area contributed by atoms with Gasteiger partial charge in [-0.05, 0) is 61.9 Å². The van der Waals surface area contributed by atoms with Crippen LogP contribution in [-0.4, -0.2) is 35.5 Å². The highest BCUT2D eigenvalue weighted by atomic mass is 32.2. The highest BCUT2D eigenvalue weighted by Crippen LogP contribution is 2.38. The number of methoxy groups -OCH3 is 1. The quantitative estimate of drug-likeness (QED) is 0.297. The second-order valence-electron chi connectivity index (χ2n) is 8.01. The van der Waals surface area contributed by atoms with Gasteiger partial charge in [0.15, 0.2) is 0 Å². The van der Waals surface area contributed by atoms with E-state index in [4.69, 9.17) is 4.74 Å². The summed E-state index contributed by atoms with van der Waals surface area (Å²) in [6, 6.07) is 16.0. The molecule has 0 saturated heterocycles. The number of anilines is 3. The first-order valence-corrected chi connectivity index (χ1v) is 13.3. The van der Waals surface area contributed by atoms with Crippen molar-refractivity contribution >= 4 is 49.0 Å². The molecule has 0 radical (unpaired) electrons. The molecule has 182 valence electrons. The number of ether oxygens (including phenoxy) is 1. The Hall–Kier alpha value is -4.09. The molecule has 0 unspecified atom stereocenters. The van der Waals surface area contributed by atoms with Crippen molar-refractivity contribution in [3.63, 3.8) is 0 Å². The van der Waals surface area contributed by atoms with Crippen molar-refractivity contribution in [2.75, 3.05) is 17.1 Å². The summed E-state index contributed by atoms with van der Waals surface area (Å²) in [6.45, 7) is 3.56. The van der Waals surface area contributed by atoms with E-state index in [1.54, 1.807) is 39.2 Å². The van der Waals surface area contributed by atoms with Gasteiger partial charge in [-0.1, -0.05) is 12.1 Å². The van der Waals surface area contributed by atoms with Crippen LogP contribution in [0.2, 0.25) is 0 Å². The van der Waals surface area contributed by atoms with Crippen molar-refractivity contribution in [3.8, 4) is 16.9 Å². The molecular formula is C25H22N6O3S2. The second-order valence-corrected chi connectivity index (χ2v) is 10.6. The molecule has 0 fully saturated rings. The summed E-state index contributed by atoms with van der Waals surface area (Å²) in [6.07, 6.45) is 1.51. The Morgan fingerprint density at radius 2 is 1.61 bits per heavy atom. The van der Waals surface area contributed by atoms with Gasteiger partial charge in [-0.2, -0.15) is 0 Å². The van der Waals surface area contributed by atoms with Crippen LogP contribution in [0.5, 0.6) is 5.75 Å². The van der Waals surface area contributed by atoms with Crippen molar-refractivity contribution in [2.24, 2.45) is 0 Å². The van der Waals surface area contributed by atoms with E-state index in [1.165, 1.54) is 29.8 Å². The lowest BCUT2D eigenvalue weighted by molar-refractivity contribution is 0.415. The number of hydrogen-bond acceptors (Lipinski definition) is 9. The zero-order valence-electron chi connectivity index (χ0n) is 19.7. The predicted octanol–water partition coefficient (Wildman–Crippen LogP) is 5.32. The molecule has 9 nitrogen and oxygen atoms in total. The number of fused-ring (bicyclic) bond motifs is 1. The number of aromatic nitrogens is 4. The minimum Gasteiger partial charge on any atom is -0.497 e. The van der Waals surface area contributed by atoms with E-state index < -0.39 is 10.0 Å². The Morgan fingerprint density at radius 3 is 2.28 bits per heavy atom. The van der Waals surface area contributed by atoms with Crippen LogP contribution < -0.4 is 14.8 Å². The summed E-state index contributed by atoms with van der Waals surface area (Å²) < 4.78 is 33.4. The third-order valence-corrected chi connectivity index (χ3v) is 7.64. The smallest absolute Gasteiger partial charge is 0.264 e. The van der Waals surface area contributed by atoms with Crippen LogP contribution in [0.25, 0.3) is 21.3 Å². The summed E-state index contributed by atoms with van der Waals surface area (Å²) in [7, 11) is -2.21. The lowest BCUT2D eigenvalue weighted by atomic mass is 10.1. The molecule has 5 rings (SSSR count). The summed E-state index contributed by atoms with van der Waals surface area (Å²) in [5.74, 6) is 1.45. The van der Waals surface area contributed by atoms with Crippen LogP contribution in [0.15, 0.2) is 71.2 Å². The minimum atomic E-state index is -3.85. The Kier molecular flexibility index (Phi) is 6.25. The van der Waals surface area contributed by atoms with Gasteiger partial charge in [0, 0.05) is 28.0 Å². The number of nitrogens with one attached hydrogen (secondary N) is 2. The summed E-state index contributed by atoms with van der Waals surface area (Å²) in [5, 5.41) is 6.23. The first kappa shape index (κ1) is 23.6. The molecule has 5 aromatic rings. The van der Waals surface area contributed by atoms with E-state index in [-0.39, 0.29) is 10.8 Å². The number of benzene rings is 2. The molecule has 0 spiro atoms. The van der Waals surface area contributed by atoms with E-state index in [1.807, 2.05) is 29.6 Å². The molecule has 11 heteroatoms. The van der Waals surface area contributed by atoms with Crippen molar-refractivity contribution in [2.45, 2.75) is 18.7 Å². The van der Waals surface area contributed by atoms with E-state index >= 15 is 0 Å². The fraction of sp³-hybridized carbons (Fsp3) is 0.120. The fourth-order valence-electron chi connectivity index (χ4n) is 3.76. The van der Waals surface area contributed by atoms with Gasteiger partial charge in [-0.25, -0.2) is 33.1 Å². The average molecular weight is 519 g/mol. The lowest BCUT2D eigenvalue weighted by Crippen LogP contribution is -2.15. The molecule has 0 aliphatic heterocycles. The molecule has 0 atom stereocenters. The molecule has 3 aromatic heterocycles. The van der Waals surface area contributed by atoms with Gasteiger partial charge in [0.2, 0.25) is 5.95 Å². The van der Waals surface area contributed by atoms with E-state index in [0.29, 0.717) is 22.9 Å². The Balaban J connectivity index is 1.41. The third kappa shape index (κ3) is 4.83. The van der Waals surface area contributed by atoms with Gasteiger partial charge in [0.1, 0.15) is 22.7 Å². The number of aryl methyl sites for hydroxylation is 2. The summed E-state index contributed by atoms with van der Waals surface area (Å²) in [4.78, 5) is 18.1. The van der Waals surface area contributed by atoms with Gasteiger partial charge in [0.05, 0.1) is 17.4 Å². The van der Waals surface area contributed by atoms with Gasteiger partial charge in [-0.15, -0.1) is 11.3 Å². The molecule has 2 aromatic carbocycles. The van der Waals surface area contributed by atoms with Crippen LogP contribution in [0.3, 0.4) is 0 Å². The Bertz CT molecular complexity index is 1630. The lowest BCUT2D eigenvalue weighted by Gasteiger charge is -2.11. The second kappa shape index (κ2) is 9.51. The Labute approximate surface area is 212 Å². The van der Waals surface area contributed by atoms with Crippen molar-refractivity contribution in [1.82, 2.24) is 19.9 Å². The molecule has 0 aliphatic rings. The Morgan fingerprint density at radius 1 is 0.917 bits per heavy atom. The first-order valence-electron chi connectivity index (χ1n) is 10.9. The summed E-state index contributed by atoms with van der Waals surface area (Å²) in [5.41, 5.74) is 4.05. The number of sulfonamides is 1. The maximum absolute atomic E-state index is 12.8. The van der Waals surface area contributed by atoms with E-state index in [0.717, 1.165) is 27.1 Å². The van der Waals surface area contributed by atoms with Crippen LogP contribution >= 0.6 is 11.3 Å². The van der Waals surface area contributed by atoms with Gasteiger partial charge >= 0.3 is 0 Å². The molecular weight excluding hydrogens is 496 g/mol. The van der Waals surface area contributed by atoms with Crippen LogP contribution in [0.1, 0.15) is 11.4 Å². The molecule has 0 aliphatic carbocycles. The fourth-order valence-corrected chi connectivity index (χ4v) is 5.62. The largest absolute Gasteiger partial charge is 0.497 e. The third-order valence-electron chi connectivity index (χ3n) is 5.41. The standard InChI is InChI=1S/C25H22N6O3S2/c1-15-12-16(2)29-25(28-15)31-36(32,33)20-10-6-18(7-11-20)30-23-22-21(13-35-24(22)27-14-26-23)17-4-8-19(34-3)9-5-17/h4-14H,1-3H3,(H,26,27,30)(H,28,29,31). The van der Waals surface area contributed by atoms with Gasteiger partial charge in [0.25, 0.3) is 10.0 Å². The van der Waals surface area contributed by atoms with Crippen molar-refractivity contribution < 1.29 is 13.2 Å². The minimum absolute atomic E-state index is 0.0431. The zero-order valence-corrected chi connectivity index (χ0v) is 21.3. The molecule has 0 saturated carbocycles. The van der Waals surface area contributed by atoms with Crippen LogP contribution in [-0.2, 0) is 10.0 Å². The van der Waals surface area contributed by atoms with E-state index in [2.05, 4.69) is 30.0 Å². The summed E-state index contributed by atoms with van der Waals surface area (Å²) >= 11 is 1.53. The maximum atomic E-state index is 12.8. The number of thiophene rings is 1. The van der Waals surface area contributed by atoms with E-state index in [9.17, 15) is 8.42 Å². The average Bonchev–Trinajstić information content (AvgIpc) is 3.29. The normalized spacial score (nSPS) is 11.4. The van der Waals surface area contributed by atoms with Gasteiger partial charge < -0.3 is 10.1 Å². The zero-order chi connectivity index (χ0) is 25.3.